The summed E-state index contributed by atoms with van der Waals surface area (Å²) in [7, 11) is 0. The summed E-state index contributed by atoms with van der Waals surface area (Å²) in [6.07, 6.45) is 3.96. The number of aryl methyl sites for hydroxylation is 1. The second kappa shape index (κ2) is 9.99. The van der Waals surface area contributed by atoms with Crippen LogP contribution < -0.4 is 10.5 Å². The standard InChI is InChI=1S/C28H29N3O2S2/c1-3-30-23-12-8-7-11-21(23)25(29-15-13-19(2)14-16-29)22(26(30)32)17-24-27(33)31(28(34)35-24)18-20-9-5-4-6-10-20/h4-12,17,19H,3,13-16,18H2,1-2H3. The molecular weight excluding hydrogens is 474 g/mol. The van der Waals surface area contributed by atoms with Crippen LogP contribution in [0.5, 0.6) is 0 Å². The van der Waals surface area contributed by atoms with Gasteiger partial charge >= 0.3 is 0 Å². The number of rotatable bonds is 5. The van der Waals surface area contributed by atoms with Crippen molar-refractivity contribution in [1.82, 2.24) is 9.47 Å². The summed E-state index contributed by atoms with van der Waals surface area (Å²) in [4.78, 5) is 31.7. The number of amides is 1. The number of benzene rings is 2. The average molecular weight is 504 g/mol. The van der Waals surface area contributed by atoms with Crippen LogP contribution in [-0.4, -0.2) is 32.8 Å². The summed E-state index contributed by atoms with van der Waals surface area (Å²) in [5.41, 5.74) is 3.42. The molecule has 5 rings (SSSR count). The third kappa shape index (κ3) is 4.55. The molecule has 0 atom stereocenters. The topological polar surface area (TPSA) is 45.6 Å². The number of pyridine rings is 1. The summed E-state index contributed by atoms with van der Waals surface area (Å²) in [5.74, 6) is 0.531. The van der Waals surface area contributed by atoms with Crippen LogP contribution in [0.1, 0.15) is 37.8 Å². The van der Waals surface area contributed by atoms with Crippen molar-refractivity contribution in [2.24, 2.45) is 5.92 Å². The lowest BCUT2D eigenvalue weighted by Crippen LogP contribution is -2.36. The molecule has 0 aliphatic carbocycles. The molecule has 1 amide bonds. The summed E-state index contributed by atoms with van der Waals surface area (Å²) in [5, 5.41) is 1.05. The van der Waals surface area contributed by atoms with E-state index in [9.17, 15) is 9.59 Å². The van der Waals surface area contributed by atoms with Gasteiger partial charge in [0.25, 0.3) is 11.5 Å². The van der Waals surface area contributed by atoms with Gasteiger partial charge in [-0.3, -0.25) is 14.5 Å². The summed E-state index contributed by atoms with van der Waals surface area (Å²) < 4.78 is 2.33. The molecule has 3 aromatic rings. The molecule has 1 aromatic heterocycles. The molecule has 0 bridgehead atoms. The van der Waals surface area contributed by atoms with Gasteiger partial charge < -0.3 is 9.47 Å². The highest BCUT2D eigenvalue weighted by atomic mass is 32.2. The van der Waals surface area contributed by atoms with Crippen LogP contribution in [0.15, 0.2) is 64.3 Å². The van der Waals surface area contributed by atoms with Crippen LogP contribution in [0, 0.1) is 5.92 Å². The second-order valence-electron chi connectivity index (χ2n) is 9.25. The Labute approximate surface area is 215 Å². The fourth-order valence-electron chi connectivity index (χ4n) is 4.96. The Morgan fingerprint density at radius 1 is 1.03 bits per heavy atom. The van der Waals surface area contributed by atoms with Gasteiger partial charge in [0.15, 0.2) is 0 Å². The minimum atomic E-state index is -0.141. The maximum absolute atomic E-state index is 13.8. The maximum atomic E-state index is 13.8. The molecule has 0 spiro atoms. The average Bonchev–Trinajstić information content (AvgIpc) is 3.13. The molecule has 7 heteroatoms. The molecule has 2 fully saturated rings. The van der Waals surface area contributed by atoms with Crippen LogP contribution in [0.4, 0.5) is 5.69 Å². The number of fused-ring (bicyclic) bond motifs is 1. The van der Waals surface area contributed by atoms with E-state index in [1.807, 2.05) is 60.0 Å². The monoisotopic (exact) mass is 503 g/mol. The third-order valence-electron chi connectivity index (χ3n) is 6.93. The van der Waals surface area contributed by atoms with Gasteiger partial charge in [-0.15, -0.1) is 0 Å². The summed E-state index contributed by atoms with van der Waals surface area (Å²) in [6, 6.07) is 17.9. The Kier molecular flexibility index (Phi) is 6.80. The number of hydrogen-bond donors (Lipinski definition) is 0. The van der Waals surface area contributed by atoms with Crippen LogP contribution in [0.2, 0.25) is 0 Å². The van der Waals surface area contributed by atoms with Crippen LogP contribution in [0.3, 0.4) is 0 Å². The van der Waals surface area contributed by atoms with Gasteiger partial charge in [-0.25, -0.2) is 0 Å². The quantitative estimate of drug-likeness (QED) is 0.332. The molecule has 0 N–H and O–H groups in total. The van der Waals surface area contributed by atoms with E-state index < -0.39 is 0 Å². The lowest BCUT2D eigenvalue weighted by atomic mass is 9.97. The smallest absolute Gasteiger partial charge is 0.266 e. The zero-order valence-corrected chi connectivity index (χ0v) is 21.7. The Morgan fingerprint density at radius 3 is 2.43 bits per heavy atom. The van der Waals surface area contributed by atoms with E-state index in [-0.39, 0.29) is 11.5 Å². The van der Waals surface area contributed by atoms with Crippen LogP contribution in [0.25, 0.3) is 17.0 Å². The lowest BCUT2D eigenvalue weighted by molar-refractivity contribution is -0.122. The summed E-state index contributed by atoms with van der Waals surface area (Å²) in [6.45, 7) is 7.05. The molecule has 0 radical (unpaired) electrons. The van der Waals surface area contributed by atoms with E-state index >= 15 is 0 Å². The molecular formula is C28H29N3O2S2. The molecule has 2 aromatic carbocycles. The molecule has 0 unspecified atom stereocenters. The highest BCUT2D eigenvalue weighted by Crippen LogP contribution is 2.37. The molecule has 180 valence electrons. The van der Waals surface area contributed by atoms with Crippen molar-refractivity contribution >= 4 is 56.9 Å². The van der Waals surface area contributed by atoms with Gasteiger partial charge in [-0.2, -0.15) is 0 Å². The highest BCUT2D eigenvalue weighted by molar-refractivity contribution is 8.26. The fourth-order valence-corrected chi connectivity index (χ4v) is 6.20. The molecule has 2 saturated heterocycles. The van der Waals surface area contributed by atoms with Crippen molar-refractivity contribution in [3.05, 3.63) is 81.0 Å². The number of anilines is 1. The molecule has 3 heterocycles. The molecule has 2 aliphatic rings. The maximum Gasteiger partial charge on any atom is 0.266 e. The van der Waals surface area contributed by atoms with E-state index in [1.54, 1.807) is 11.0 Å². The first-order valence-corrected chi connectivity index (χ1v) is 13.4. The number of piperidine rings is 1. The first kappa shape index (κ1) is 23.8. The molecule has 35 heavy (non-hydrogen) atoms. The van der Waals surface area contributed by atoms with Crippen molar-refractivity contribution in [2.45, 2.75) is 39.8 Å². The number of carbonyl (C=O) groups is 1. The zero-order valence-electron chi connectivity index (χ0n) is 20.1. The van der Waals surface area contributed by atoms with Crippen LogP contribution >= 0.6 is 24.0 Å². The van der Waals surface area contributed by atoms with Gasteiger partial charge in [-0.1, -0.05) is 79.4 Å². The van der Waals surface area contributed by atoms with Crippen molar-refractivity contribution in [3.63, 3.8) is 0 Å². The number of thioether (sulfide) groups is 1. The molecule has 2 aliphatic heterocycles. The van der Waals surface area contributed by atoms with E-state index in [0.717, 1.165) is 48.1 Å². The number of aromatic nitrogens is 1. The number of hydrogen-bond acceptors (Lipinski definition) is 5. The lowest BCUT2D eigenvalue weighted by Gasteiger charge is -2.34. The minimum Gasteiger partial charge on any atom is -0.370 e. The van der Waals surface area contributed by atoms with Gasteiger partial charge in [0, 0.05) is 25.0 Å². The van der Waals surface area contributed by atoms with Gasteiger partial charge in [-0.05, 0) is 43.4 Å². The highest BCUT2D eigenvalue weighted by Gasteiger charge is 2.33. The minimum absolute atomic E-state index is 0.0619. The Balaban J connectivity index is 1.62. The van der Waals surface area contributed by atoms with Crippen molar-refractivity contribution in [2.75, 3.05) is 18.0 Å². The van der Waals surface area contributed by atoms with Crippen molar-refractivity contribution in [1.29, 1.82) is 0 Å². The number of nitrogens with zero attached hydrogens (tertiary/aromatic N) is 3. The zero-order chi connectivity index (χ0) is 24.5. The fraction of sp³-hybridized carbons (Fsp3) is 0.321. The number of carbonyl (C=O) groups excluding carboxylic acids is 1. The molecule has 5 nitrogen and oxygen atoms in total. The van der Waals surface area contributed by atoms with Crippen LogP contribution in [-0.2, 0) is 17.9 Å². The van der Waals surface area contributed by atoms with E-state index in [2.05, 4.69) is 17.9 Å². The Hall–Kier alpha value is -2.90. The first-order valence-electron chi connectivity index (χ1n) is 12.2. The predicted octanol–water partition coefficient (Wildman–Crippen LogP) is 5.66. The second-order valence-corrected chi connectivity index (χ2v) is 10.9. The summed E-state index contributed by atoms with van der Waals surface area (Å²) >= 11 is 6.85. The predicted molar refractivity (Wildman–Crippen MR) is 150 cm³/mol. The third-order valence-corrected chi connectivity index (χ3v) is 8.31. The normalized spacial score (nSPS) is 18.3. The number of para-hydroxylation sites is 1. The van der Waals surface area contributed by atoms with Gasteiger partial charge in [0.2, 0.25) is 0 Å². The largest absolute Gasteiger partial charge is 0.370 e. The van der Waals surface area contributed by atoms with Gasteiger partial charge in [0.05, 0.1) is 28.2 Å². The van der Waals surface area contributed by atoms with Crippen molar-refractivity contribution < 1.29 is 4.79 Å². The first-order chi connectivity index (χ1) is 17.0. The Morgan fingerprint density at radius 2 is 1.71 bits per heavy atom. The number of thiocarbonyl (C=S) groups is 1. The van der Waals surface area contributed by atoms with Crippen molar-refractivity contribution in [3.8, 4) is 0 Å². The van der Waals surface area contributed by atoms with E-state index in [0.29, 0.717) is 33.8 Å². The Bertz CT molecular complexity index is 1370. The van der Waals surface area contributed by atoms with E-state index in [1.165, 1.54) is 11.8 Å². The van der Waals surface area contributed by atoms with Gasteiger partial charge in [0.1, 0.15) is 4.32 Å². The van der Waals surface area contributed by atoms with E-state index in [4.69, 9.17) is 12.2 Å². The molecule has 0 saturated carbocycles. The SMILES string of the molecule is CCn1c(=O)c(C=C2SC(=S)N(Cc3ccccc3)C2=O)c(N2CCC(C)CC2)c2ccccc21.